The highest BCUT2D eigenvalue weighted by atomic mass is 32.2. The van der Waals surface area contributed by atoms with Crippen LogP contribution in [-0.2, 0) is 10.0 Å². The smallest absolute Gasteiger partial charge is 0.251 e. The van der Waals surface area contributed by atoms with Crippen LogP contribution in [0.25, 0.3) is 0 Å². The fourth-order valence-electron chi connectivity index (χ4n) is 2.06. The highest BCUT2D eigenvalue weighted by Gasteiger charge is 2.30. The Morgan fingerprint density at radius 1 is 1.39 bits per heavy atom. The SMILES string of the molecule is CC(C)C(C)(CN)NC(=O)c1cccc(S(=O)(=O)NC2CC2)c1. The van der Waals surface area contributed by atoms with E-state index in [1.54, 1.807) is 12.1 Å². The average molecular weight is 339 g/mol. The summed E-state index contributed by atoms with van der Waals surface area (Å²) < 4.78 is 27.1. The lowest BCUT2D eigenvalue weighted by atomic mass is 9.88. The third kappa shape index (κ3) is 4.31. The molecule has 1 aromatic rings. The molecular formula is C16H25N3O3S. The highest BCUT2D eigenvalue weighted by molar-refractivity contribution is 7.89. The molecule has 0 saturated heterocycles. The molecule has 23 heavy (non-hydrogen) atoms. The van der Waals surface area contributed by atoms with Crippen LogP contribution in [0.2, 0.25) is 0 Å². The standard InChI is InChI=1S/C16H25N3O3S/c1-11(2)16(3,10-17)18-15(20)12-5-4-6-14(9-12)23(21,22)19-13-7-8-13/h4-6,9,11,13,19H,7-8,10,17H2,1-3H3,(H,18,20). The van der Waals surface area contributed by atoms with Gasteiger partial charge in [0.15, 0.2) is 0 Å². The Hall–Kier alpha value is -1.44. The number of rotatable bonds is 7. The van der Waals surface area contributed by atoms with Gasteiger partial charge in [0.2, 0.25) is 10.0 Å². The summed E-state index contributed by atoms with van der Waals surface area (Å²) in [5.74, 6) is -0.171. The fourth-order valence-corrected chi connectivity index (χ4v) is 3.41. The van der Waals surface area contributed by atoms with E-state index >= 15 is 0 Å². The summed E-state index contributed by atoms with van der Waals surface area (Å²) in [6.45, 7) is 6.14. The Morgan fingerprint density at radius 2 is 2.04 bits per heavy atom. The van der Waals surface area contributed by atoms with E-state index in [0.717, 1.165) is 12.8 Å². The Labute approximate surface area is 137 Å². The molecule has 1 amide bonds. The molecule has 1 fully saturated rings. The molecule has 1 aromatic carbocycles. The van der Waals surface area contributed by atoms with Crippen molar-refractivity contribution in [2.45, 2.75) is 50.1 Å². The van der Waals surface area contributed by atoms with Gasteiger partial charge in [-0.3, -0.25) is 4.79 Å². The number of nitrogens with two attached hydrogens (primary N) is 1. The maximum absolute atomic E-state index is 12.5. The number of amides is 1. The van der Waals surface area contributed by atoms with Gasteiger partial charge >= 0.3 is 0 Å². The summed E-state index contributed by atoms with van der Waals surface area (Å²) in [5, 5.41) is 2.91. The molecule has 0 spiro atoms. The fraction of sp³-hybridized carbons (Fsp3) is 0.562. The van der Waals surface area contributed by atoms with Gasteiger partial charge in [0.25, 0.3) is 5.91 Å². The van der Waals surface area contributed by atoms with Crippen LogP contribution >= 0.6 is 0 Å². The van der Waals surface area contributed by atoms with Gasteiger partial charge in [-0.25, -0.2) is 13.1 Å². The molecule has 0 aliphatic heterocycles. The summed E-state index contributed by atoms with van der Waals surface area (Å²) in [7, 11) is -3.57. The number of hydrogen-bond acceptors (Lipinski definition) is 4. The molecule has 0 bridgehead atoms. The number of benzene rings is 1. The van der Waals surface area contributed by atoms with Crippen LogP contribution in [-0.4, -0.2) is 32.5 Å². The molecule has 0 radical (unpaired) electrons. The van der Waals surface area contributed by atoms with Crippen LogP contribution in [0.3, 0.4) is 0 Å². The zero-order valence-corrected chi connectivity index (χ0v) is 14.6. The molecule has 1 atom stereocenters. The largest absolute Gasteiger partial charge is 0.345 e. The predicted octanol–water partition coefficient (Wildman–Crippen LogP) is 1.23. The third-order valence-electron chi connectivity index (χ3n) is 4.40. The van der Waals surface area contributed by atoms with Crippen molar-refractivity contribution in [3.63, 3.8) is 0 Å². The molecule has 128 valence electrons. The number of carbonyl (C=O) groups is 1. The Morgan fingerprint density at radius 3 is 2.57 bits per heavy atom. The second kappa shape index (κ2) is 6.59. The Bertz CT molecular complexity index is 684. The van der Waals surface area contributed by atoms with Gasteiger partial charge in [0.1, 0.15) is 0 Å². The molecule has 1 saturated carbocycles. The summed E-state index contributed by atoms with van der Waals surface area (Å²) in [6.07, 6.45) is 1.73. The van der Waals surface area contributed by atoms with Gasteiger partial charge in [-0.1, -0.05) is 19.9 Å². The van der Waals surface area contributed by atoms with Crippen LogP contribution in [0, 0.1) is 5.92 Å². The van der Waals surface area contributed by atoms with Crippen LogP contribution in [0.5, 0.6) is 0 Å². The molecule has 1 unspecified atom stereocenters. The van der Waals surface area contributed by atoms with E-state index in [2.05, 4.69) is 10.0 Å². The van der Waals surface area contributed by atoms with Crippen molar-refractivity contribution in [1.29, 1.82) is 0 Å². The monoisotopic (exact) mass is 339 g/mol. The lowest BCUT2D eigenvalue weighted by molar-refractivity contribution is 0.0883. The van der Waals surface area contributed by atoms with Gasteiger partial charge in [0.05, 0.1) is 10.4 Å². The average Bonchev–Trinajstić information content (AvgIpc) is 3.30. The molecule has 6 nitrogen and oxygen atoms in total. The first-order valence-electron chi connectivity index (χ1n) is 7.83. The molecule has 1 aliphatic carbocycles. The molecular weight excluding hydrogens is 314 g/mol. The summed E-state index contributed by atoms with van der Waals surface area (Å²) in [6, 6.07) is 6.09. The number of sulfonamides is 1. The van der Waals surface area contributed by atoms with Crippen molar-refractivity contribution in [2.75, 3.05) is 6.54 Å². The first-order chi connectivity index (χ1) is 10.7. The molecule has 7 heteroatoms. The van der Waals surface area contributed by atoms with E-state index in [4.69, 9.17) is 5.73 Å². The first kappa shape index (κ1) is 17.9. The van der Waals surface area contributed by atoms with Gasteiger partial charge in [0, 0.05) is 18.2 Å². The van der Waals surface area contributed by atoms with Gasteiger partial charge in [-0.15, -0.1) is 0 Å². The minimum atomic E-state index is -3.57. The molecule has 1 aliphatic rings. The van der Waals surface area contributed by atoms with Crippen LogP contribution in [0.1, 0.15) is 44.0 Å². The van der Waals surface area contributed by atoms with Crippen molar-refractivity contribution >= 4 is 15.9 Å². The number of carbonyl (C=O) groups excluding carboxylic acids is 1. The first-order valence-corrected chi connectivity index (χ1v) is 9.31. The zero-order chi connectivity index (χ0) is 17.3. The quantitative estimate of drug-likeness (QED) is 0.695. The van der Waals surface area contributed by atoms with Crippen molar-refractivity contribution < 1.29 is 13.2 Å². The Balaban J connectivity index is 2.20. The van der Waals surface area contributed by atoms with Gasteiger partial charge < -0.3 is 11.1 Å². The second-order valence-electron chi connectivity index (χ2n) is 6.65. The van der Waals surface area contributed by atoms with Crippen LogP contribution in [0.15, 0.2) is 29.2 Å². The third-order valence-corrected chi connectivity index (χ3v) is 5.92. The molecule has 0 aromatic heterocycles. The summed E-state index contributed by atoms with van der Waals surface area (Å²) >= 11 is 0. The maximum atomic E-state index is 12.5. The minimum absolute atomic E-state index is 0.0268. The van der Waals surface area contributed by atoms with E-state index in [1.807, 2.05) is 20.8 Å². The van der Waals surface area contributed by atoms with Crippen molar-refractivity contribution in [3.05, 3.63) is 29.8 Å². The lowest BCUT2D eigenvalue weighted by Crippen LogP contribution is -2.55. The molecule has 0 heterocycles. The summed E-state index contributed by atoms with van der Waals surface area (Å²) in [5.41, 5.74) is 5.54. The number of nitrogens with one attached hydrogen (secondary N) is 2. The zero-order valence-electron chi connectivity index (χ0n) is 13.8. The summed E-state index contributed by atoms with van der Waals surface area (Å²) in [4.78, 5) is 12.6. The van der Waals surface area contributed by atoms with Crippen LogP contribution < -0.4 is 15.8 Å². The molecule has 2 rings (SSSR count). The van der Waals surface area contributed by atoms with Gasteiger partial charge in [-0.2, -0.15) is 0 Å². The Kier molecular flexibility index (Phi) is 5.13. The minimum Gasteiger partial charge on any atom is -0.345 e. The van der Waals surface area contributed by atoms with Crippen molar-refractivity contribution in [2.24, 2.45) is 11.7 Å². The van der Waals surface area contributed by atoms with Crippen molar-refractivity contribution in [3.8, 4) is 0 Å². The molecule has 4 N–H and O–H groups in total. The van der Waals surface area contributed by atoms with Gasteiger partial charge in [-0.05, 0) is 43.9 Å². The van der Waals surface area contributed by atoms with Crippen LogP contribution in [0.4, 0.5) is 0 Å². The van der Waals surface area contributed by atoms with E-state index < -0.39 is 15.6 Å². The van der Waals surface area contributed by atoms with E-state index in [-0.39, 0.29) is 22.8 Å². The second-order valence-corrected chi connectivity index (χ2v) is 8.37. The van der Waals surface area contributed by atoms with E-state index in [1.165, 1.54) is 12.1 Å². The predicted molar refractivity (Wildman–Crippen MR) is 89.5 cm³/mol. The maximum Gasteiger partial charge on any atom is 0.251 e. The van der Waals surface area contributed by atoms with E-state index in [9.17, 15) is 13.2 Å². The number of hydrogen-bond donors (Lipinski definition) is 3. The lowest BCUT2D eigenvalue weighted by Gasteiger charge is -2.33. The van der Waals surface area contributed by atoms with E-state index in [0.29, 0.717) is 12.1 Å². The normalized spacial score (nSPS) is 17.8. The highest BCUT2D eigenvalue weighted by Crippen LogP contribution is 2.23. The van der Waals surface area contributed by atoms with Crippen molar-refractivity contribution in [1.82, 2.24) is 10.0 Å². The topological polar surface area (TPSA) is 101 Å².